The van der Waals surface area contributed by atoms with Crippen LogP contribution in [0.1, 0.15) is 51.9 Å². The molecule has 0 aromatic rings. The lowest BCUT2D eigenvalue weighted by atomic mass is 9.96. The molecular weight excluding hydrogens is 300 g/mol. The van der Waals surface area contributed by atoms with Crippen LogP contribution in [-0.4, -0.2) is 40.9 Å². The fraction of sp³-hybridized carbons (Fsp3) is 1.00. The minimum atomic E-state index is -3.77. The van der Waals surface area contributed by atoms with Gasteiger partial charge in [0.15, 0.2) is 0 Å². The number of rotatable bonds is 9. The molecule has 2 N–H and O–H groups in total. The summed E-state index contributed by atoms with van der Waals surface area (Å²) in [4.78, 5) is 0. The summed E-state index contributed by atoms with van der Waals surface area (Å²) in [6.45, 7) is 2.15. The number of hydrogen-bond acceptors (Lipinski definition) is 5. The van der Waals surface area contributed by atoms with Gasteiger partial charge in [0.2, 0.25) is 20.0 Å². The Hall–Kier alpha value is -0.180. The molecule has 0 spiro atoms. The summed E-state index contributed by atoms with van der Waals surface area (Å²) in [5.74, 6) is -0.340. The second kappa shape index (κ2) is 8.31. The Balaban J connectivity index is 2.33. The van der Waals surface area contributed by atoms with Crippen LogP contribution in [0.15, 0.2) is 0 Å². The first kappa shape index (κ1) is 17.9. The summed E-state index contributed by atoms with van der Waals surface area (Å²) in [6.07, 6.45) is 6.91. The fourth-order valence-electron chi connectivity index (χ4n) is 2.32. The van der Waals surface area contributed by atoms with Crippen LogP contribution in [0.5, 0.6) is 0 Å². The van der Waals surface area contributed by atoms with Crippen molar-refractivity contribution in [3.63, 3.8) is 0 Å². The van der Waals surface area contributed by atoms with Crippen molar-refractivity contribution in [2.75, 3.05) is 18.1 Å². The van der Waals surface area contributed by atoms with E-state index in [2.05, 4.69) is 5.32 Å². The first-order chi connectivity index (χ1) is 9.35. The Morgan fingerprint density at radius 3 is 2.15 bits per heavy atom. The van der Waals surface area contributed by atoms with Gasteiger partial charge in [-0.2, -0.15) is 0 Å². The molecule has 0 bridgehead atoms. The lowest BCUT2D eigenvalue weighted by Crippen LogP contribution is -2.40. The molecule has 0 unspecified atom stereocenters. The molecule has 120 valence electrons. The lowest BCUT2D eigenvalue weighted by molar-refractivity contribution is 0.380. The van der Waals surface area contributed by atoms with Crippen LogP contribution in [0.2, 0.25) is 0 Å². The highest BCUT2D eigenvalue weighted by Crippen LogP contribution is 2.17. The van der Waals surface area contributed by atoms with Gasteiger partial charge in [-0.05, 0) is 19.3 Å². The molecule has 8 heteroatoms. The summed E-state index contributed by atoms with van der Waals surface area (Å²) < 4.78 is 48.4. The average molecular weight is 326 g/mol. The van der Waals surface area contributed by atoms with Gasteiger partial charge >= 0.3 is 0 Å². The quantitative estimate of drug-likeness (QED) is 0.658. The Bertz CT molecular complexity index is 468. The summed E-state index contributed by atoms with van der Waals surface area (Å²) in [6, 6.07) is 0.371. The Labute approximate surface area is 122 Å². The van der Waals surface area contributed by atoms with Gasteiger partial charge in [0.25, 0.3) is 0 Å². The van der Waals surface area contributed by atoms with Crippen molar-refractivity contribution in [3.8, 4) is 0 Å². The molecule has 1 aliphatic rings. The molecule has 1 rings (SSSR count). The second-order valence-corrected chi connectivity index (χ2v) is 9.31. The number of unbranched alkanes of at least 4 members (excludes halogenated alkanes) is 1. The highest BCUT2D eigenvalue weighted by Gasteiger charge is 2.20. The smallest absolute Gasteiger partial charge is 0.225 e. The standard InChI is InChI=1S/C12H26N2O4S2/c1-2-3-10-19(15,16)14-20(17,18)11-9-13-12-7-5-4-6-8-12/h12-14H,2-11H2,1H3. The third kappa shape index (κ3) is 7.56. The zero-order valence-corrected chi connectivity index (χ0v) is 13.7. The van der Waals surface area contributed by atoms with Crippen LogP contribution in [0, 0.1) is 0 Å². The van der Waals surface area contributed by atoms with Gasteiger partial charge in [-0.15, -0.1) is 4.13 Å². The van der Waals surface area contributed by atoms with E-state index in [1.165, 1.54) is 19.3 Å². The molecule has 0 amide bonds. The third-order valence-corrected chi connectivity index (χ3v) is 7.03. The van der Waals surface area contributed by atoms with Crippen molar-refractivity contribution in [2.24, 2.45) is 0 Å². The third-order valence-electron chi connectivity index (χ3n) is 3.43. The number of nitrogens with one attached hydrogen (secondary N) is 2. The molecule has 6 nitrogen and oxygen atoms in total. The van der Waals surface area contributed by atoms with Gasteiger partial charge in [0.1, 0.15) is 0 Å². The summed E-state index contributed by atoms with van der Waals surface area (Å²) in [5.41, 5.74) is 0. The van der Waals surface area contributed by atoms with Gasteiger partial charge in [-0.1, -0.05) is 32.6 Å². The number of sulfonamides is 2. The van der Waals surface area contributed by atoms with Crippen LogP contribution in [0.3, 0.4) is 0 Å². The Kier molecular flexibility index (Phi) is 7.42. The topological polar surface area (TPSA) is 92.3 Å². The van der Waals surface area contributed by atoms with E-state index in [1.54, 1.807) is 0 Å². The zero-order valence-electron chi connectivity index (χ0n) is 12.1. The molecule has 1 saturated carbocycles. The van der Waals surface area contributed by atoms with Crippen molar-refractivity contribution in [1.82, 2.24) is 9.44 Å². The van der Waals surface area contributed by atoms with Gasteiger partial charge in [-0.3, -0.25) is 0 Å². The van der Waals surface area contributed by atoms with E-state index >= 15 is 0 Å². The minimum absolute atomic E-state index is 0.140. The van der Waals surface area contributed by atoms with E-state index in [-0.39, 0.29) is 11.5 Å². The molecule has 0 heterocycles. The van der Waals surface area contributed by atoms with Crippen molar-refractivity contribution in [2.45, 2.75) is 57.9 Å². The lowest BCUT2D eigenvalue weighted by Gasteiger charge is -2.22. The molecule has 0 aromatic heterocycles. The molecule has 20 heavy (non-hydrogen) atoms. The van der Waals surface area contributed by atoms with Crippen LogP contribution in [0.25, 0.3) is 0 Å². The van der Waals surface area contributed by atoms with E-state index in [0.717, 1.165) is 12.8 Å². The largest absolute Gasteiger partial charge is 0.313 e. The van der Waals surface area contributed by atoms with Gasteiger partial charge < -0.3 is 5.32 Å². The van der Waals surface area contributed by atoms with Crippen LogP contribution >= 0.6 is 0 Å². The molecule has 0 radical (unpaired) electrons. The summed E-state index contributed by atoms with van der Waals surface area (Å²) >= 11 is 0. The summed E-state index contributed by atoms with van der Waals surface area (Å²) in [7, 11) is -7.49. The normalized spacial score (nSPS) is 18.2. The molecule has 1 fully saturated rings. The zero-order chi connectivity index (χ0) is 15.1. The van der Waals surface area contributed by atoms with E-state index in [0.29, 0.717) is 25.4 Å². The van der Waals surface area contributed by atoms with E-state index in [9.17, 15) is 16.8 Å². The van der Waals surface area contributed by atoms with Crippen molar-refractivity contribution in [1.29, 1.82) is 0 Å². The highest BCUT2D eigenvalue weighted by atomic mass is 32.3. The minimum Gasteiger partial charge on any atom is -0.313 e. The van der Waals surface area contributed by atoms with Crippen LogP contribution in [0.4, 0.5) is 0 Å². The van der Waals surface area contributed by atoms with Crippen molar-refractivity contribution >= 4 is 20.0 Å². The first-order valence-corrected chi connectivity index (χ1v) is 10.6. The average Bonchev–Trinajstić information content (AvgIpc) is 2.36. The molecule has 1 aliphatic carbocycles. The predicted molar refractivity (Wildman–Crippen MR) is 80.5 cm³/mol. The predicted octanol–water partition coefficient (Wildman–Crippen LogP) is 0.958. The molecule has 0 saturated heterocycles. The maximum atomic E-state index is 11.7. The van der Waals surface area contributed by atoms with E-state index < -0.39 is 20.0 Å². The van der Waals surface area contributed by atoms with Crippen molar-refractivity contribution in [3.05, 3.63) is 0 Å². The SMILES string of the molecule is CCCCS(=O)(=O)NS(=O)(=O)CCNC1CCCCC1. The van der Waals surface area contributed by atoms with Crippen LogP contribution in [-0.2, 0) is 20.0 Å². The monoisotopic (exact) mass is 326 g/mol. The van der Waals surface area contributed by atoms with Crippen LogP contribution < -0.4 is 9.44 Å². The molecule has 0 atom stereocenters. The van der Waals surface area contributed by atoms with Gasteiger partial charge in [0.05, 0.1) is 11.5 Å². The maximum Gasteiger partial charge on any atom is 0.225 e. The second-order valence-electron chi connectivity index (χ2n) is 5.36. The van der Waals surface area contributed by atoms with Gasteiger partial charge in [0, 0.05) is 12.6 Å². The highest BCUT2D eigenvalue weighted by molar-refractivity contribution is 8.04. The summed E-state index contributed by atoms with van der Waals surface area (Å²) in [5, 5.41) is 3.19. The fourth-order valence-corrected chi connectivity index (χ4v) is 5.58. The first-order valence-electron chi connectivity index (χ1n) is 7.32. The Morgan fingerprint density at radius 1 is 0.950 bits per heavy atom. The number of hydrogen-bond donors (Lipinski definition) is 2. The maximum absolute atomic E-state index is 11.7. The van der Waals surface area contributed by atoms with E-state index in [1.807, 2.05) is 11.1 Å². The van der Waals surface area contributed by atoms with Crippen molar-refractivity contribution < 1.29 is 16.8 Å². The molecular formula is C12H26N2O4S2. The molecule has 0 aliphatic heterocycles. The van der Waals surface area contributed by atoms with E-state index in [4.69, 9.17) is 0 Å². The molecule has 0 aromatic carbocycles. The van der Waals surface area contributed by atoms with Gasteiger partial charge in [-0.25, -0.2) is 16.8 Å². The Morgan fingerprint density at radius 2 is 1.55 bits per heavy atom.